The summed E-state index contributed by atoms with van der Waals surface area (Å²) in [6.45, 7) is 6.88. The first kappa shape index (κ1) is 22.3. The summed E-state index contributed by atoms with van der Waals surface area (Å²) in [5, 5.41) is 3.21. The van der Waals surface area contributed by atoms with Crippen molar-refractivity contribution in [3.8, 4) is 5.75 Å². The Kier molecular flexibility index (Phi) is 6.59. The quantitative estimate of drug-likeness (QED) is 0.471. The number of nitrogens with zero attached hydrogens (tertiary/aromatic N) is 1. The lowest BCUT2D eigenvalue weighted by Crippen LogP contribution is -2.32. The van der Waals surface area contributed by atoms with Gasteiger partial charge in [-0.25, -0.2) is 0 Å². The van der Waals surface area contributed by atoms with E-state index in [-0.39, 0.29) is 24.1 Å². The van der Waals surface area contributed by atoms with Gasteiger partial charge in [-0.1, -0.05) is 72.6 Å². The van der Waals surface area contributed by atoms with Crippen LogP contribution < -0.4 is 10.1 Å². The molecule has 0 aromatic heterocycles. The van der Waals surface area contributed by atoms with E-state index in [1.54, 1.807) is 0 Å². The third-order valence-corrected chi connectivity index (χ3v) is 5.55. The second kappa shape index (κ2) is 9.74. The van der Waals surface area contributed by atoms with Gasteiger partial charge < -0.3 is 10.1 Å². The summed E-state index contributed by atoms with van der Waals surface area (Å²) >= 11 is 0. The van der Waals surface area contributed by atoms with E-state index >= 15 is 0 Å². The average Bonchev–Trinajstić information content (AvgIpc) is 3.04. The van der Waals surface area contributed by atoms with Crippen LogP contribution in [0, 0.1) is 13.8 Å². The number of amides is 2. The molecule has 5 heteroatoms. The molecule has 2 amide bonds. The van der Waals surface area contributed by atoms with Crippen molar-refractivity contribution >= 4 is 23.1 Å². The van der Waals surface area contributed by atoms with E-state index in [0.29, 0.717) is 29.2 Å². The van der Waals surface area contributed by atoms with Gasteiger partial charge in [0.15, 0.2) is 0 Å². The predicted molar refractivity (Wildman–Crippen MR) is 131 cm³/mol. The molecule has 1 N–H and O–H groups in total. The number of ether oxygens (including phenoxy) is 1. The fourth-order valence-electron chi connectivity index (χ4n) is 3.73. The highest BCUT2D eigenvalue weighted by atomic mass is 16.5. The zero-order chi connectivity index (χ0) is 23.4. The van der Waals surface area contributed by atoms with Crippen molar-refractivity contribution in [1.82, 2.24) is 4.90 Å². The number of benzene rings is 3. The Morgan fingerprint density at radius 1 is 0.848 bits per heavy atom. The molecule has 0 radical (unpaired) electrons. The summed E-state index contributed by atoms with van der Waals surface area (Å²) in [5.74, 6) is 0.0777. The Labute approximate surface area is 194 Å². The van der Waals surface area contributed by atoms with Gasteiger partial charge in [-0.15, -0.1) is 0 Å². The summed E-state index contributed by atoms with van der Waals surface area (Å²) < 4.78 is 5.72. The van der Waals surface area contributed by atoms with E-state index in [1.807, 2.05) is 93.6 Å². The van der Waals surface area contributed by atoms with Crippen LogP contribution in [0.3, 0.4) is 0 Å². The van der Waals surface area contributed by atoms with E-state index in [9.17, 15) is 9.59 Å². The highest BCUT2D eigenvalue weighted by Gasteiger charge is 2.39. The largest absolute Gasteiger partial charge is 0.494 e. The summed E-state index contributed by atoms with van der Waals surface area (Å²) in [6.07, 6.45) is 0.904. The Balaban J connectivity index is 1.69. The molecule has 0 bridgehead atoms. The molecule has 0 spiro atoms. The fourth-order valence-corrected chi connectivity index (χ4v) is 3.73. The molecule has 0 unspecified atom stereocenters. The van der Waals surface area contributed by atoms with Crippen LogP contribution in [0.15, 0.2) is 78.5 Å². The summed E-state index contributed by atoms with van der Waals surface area (Å²) in [4.78, 5) is 28.2. The van der Waals surface area contributed by atoms with E-state index < -0.39 is 0 Å². The fraction of sp³-hybridized carbons (Fsp3) is 0.214. The molecule has 5 nitrogen and oxygen atoms in total. The monoisotopic (exact) mass is 440 g/mol. The molecule has 1 heterocycles. The van der Waals surface area contributed by atoms with Gasteiger partial charge in [-0.2, -0.15) is 0 Å². The van der Waals surface area contributed by atoms with Crippen molar-refractivity contribution < 1.29 is 14.3 Å². The Morgan fingerprint density at radius 3 is 2.18 bits per heavy atom. The molecule has 3 aromatic carbocycles. The van der Waals surface area contributed by atoms with Gasteiger partial charge in [0.05, 0.1) is 18.7 Å². The SMILES string of the molecule is CCCOc1cccc(NC2=C(c3ccc(C)cc3)C(=O)N(Cc3ccc(C)cc3)C2=O)c1. The third-order valence-electron chi connectivity index (χ3n) is 5.55. The van der Waals surface area contributed by atoms with Gasteiger partial charge >= 0.3 is 0 Å². The predicted octanol–water partition coefficient (Wildman–Crippen LogP) is 5.48. The van der Waals surface area contributed by atoms with E-state index in [2.05, 4.69) is 5.32 Å². The molecular formula is C28H28N2O3. The first-order chi connectivity index (χ1) is 16.0. The number of hydrogen-bond donors (Lipinski definition) is 1. The van der Waals surface area contributed by atoms with Gasteiger partial charge in [0.1, 0.15) is 11.4 Å². The van der Waals surface area contributed by atoms with Crippen LogP contribution in [0.1, 0.15) is 35.6 Å². The van der Waals surface area contributed by atoms with E-state index in [0.717, 1.165) is 23.1 Å². The van der Waals surface area contributed by atoms with Crippen molar-refractivity contribution in [1.29, 1.82) is 0 Å². The van der Waals surface area contributed by atoms with E-state index in [1.165, 1.54) is 4.90 Å². The molecule has 33 heavy (non-hydrogen) atoms. The number of nitrogens with one attached hydrogen (secondary N) is 1. The second-order valence-electron chi connectivity index (χ2n) is 8.30. The first-order valence-corrected chi connectivity index (χ1v) is 11.2. The minimum absolute atomic E-state index is 0.220. The maximum atomic E-state index is 13.5. The van der Waals surface area contributed by atoms with Crippen molar-refractivity contribution in [2.45, 2.75) is 33.7 Å². The van der Waals surface area contributed by atoms with Crippen LogP contribution in [0.2, 0.25) is 0 Å². The lowest BCUT2D eigenvalue weighted by Gasteiger charge is -2.16. The number of hydrogen-bond acceptors (Lipinski definition) is 4. The van der Waals surface area contributed by atoms with Gasteiger partial charge in [0, 0.05) is 11.8 Å². The van der Waals surface area contributed by atoms with Crippen LogP contribution in [0.4, 0.5) is 5.69 Å². The van der Waals surface area contributed by atoms with Crippen molar-refractivity contribution in [2.24, 2.45) is 0 Å². The number of anilines is 1. The van der Waals surface area contributed by atoms with Crippen molar-refractivity contribution in [3.05, 3.63) is 101 Å². The minimum atomic E-state index is -0.337. The minimum Gasteiger partial charge on any atom is -0.494 e. The van der Waals surface area contributed by atoms with Crippen LogP contribution >= 0.6 is 0 Å². The molecule has 168 valence electrons. The number of imide groups is 1. The van der Waals surface area contributed by atoms with Crippen LogP contribution in [0.25, 0.3) is 5.57 Å². The maximum absolute atomic E-state index is 13.5. The third kappa shape index (κ3) is 4.98. The Hall–Kier alpha value is -3.86. The zero-order valence-corrected chi connectivity index (χ0v) is 19.2. The van der Waals surface area contributed by atoms with Crippen LogP contribution in [-0.4, -0.2) is 23.3 Å². The lowest BCUT2D eigenvalue weighted by atomic mass is 10.0. The number of carbonyl (C=O) groups is 2. The zero-order valence-electron chi connectivity index (χ0n) is 19.2. The Bertz CT molecular complexity index is 1190. The standard InChI is InChI=1S/C28H28N2O3/c1-4-16-33-24-7-5-6-23(17-24)29-26-25(22-14-10-20(3)11-15-22)27(31)30(28(26)32)18-21-12-8-19(2)9-13-21/h5-15,17,29H,4,16,18H2,1-3H3. The smallest absolute Gasteiger partial charge is 0.278 e. The van der Waals surface area contributed by atoms with Crippen molar-refractivity contribution in [3.63, 3.8) is 0 Å². The molecule has 0 saturated carbocycles. The van der Waals surface area contributed by atoms with E-state index in [4.69, 9.17) is 4.74 Å². The summed E-state index contributed by atoms with van der Waals surface area (Å²) in [5.41, 5.74) is 5.19. The van der Waals surface area contributed by atoms with Gasteiger partial charge in [0.2, 0.25) is 0 Å². The summed E-state index contributed by atoms with van der Waals surface area (Å²) in [7, 11) is 0. The topological polar surface area (TPSA) is 58.6 Å². The maximum Gasteiger partial charge on any atom is 0.278 e. The Morgan fingerprint density at radius 2 is 1.52 bits per heavy atom. The normalized spacial score (nSPS) is 13.6. The van der Waals surface area contributed by atoms with Crippen LogP contribution in [-0.2, 0) is 16.1 Å². The number of carbonyl (C=O) groups excluding carboxylic acids is 2. The van der Waals surface area contributed by atoms with Gasteiger partial charge in [-0.05, 0) is 43.5 Å². The molecule has 0 atom stereocenters. The molecule has 3 aromatic rings. The summed E-state index contributed by atoms with van der Waals surface area (Å²) in [6, 6.07) is 23.0. The second-order valence-corrected chi connectivity index (χ2v) is 8.30. The first-order valence-electron chi connectivity index (χ1n) is 11.2. The highest BCUT2D eigenvalue weighted by molar-refractivity contribution is 6.36. The molecular weight excluding hydrogens is 412 g/mol. The number of aryl methyl sites for hydroxylation is 2. The molecule has 1 aliphatic rings. The van der Waals surface area contributed by atoms with Crippen molar-refractivity contribution in [2.75, 3.05) is 11.9 Å². The molecule has 0 fully saturated rings. The lowest BCUT2D eigenvalue weighted by molar-refractivity contribution is -0.137. The van der Waals surface area contributed by atoms with Crippen LogP contribution in [0.5, 0.6) is 5.75 Å². The molecule has 1 aliphatic heterocycles. The highest BCUT2D eigenvalue weighted by Crippen LogP contribution is 2.32. The molecule has 0 saturated heterocycles. The molecule has 0 aliphatic carbocycles. The number of rotatable bonds is 8. The average molecular weight is 441 g/mol. The van der Waals surface area contributed by atoms with Gasteiger partial charge in [0.25, 0.3) is 11.8 Å². The molecule has 4 rings (SSSR count). The van der Waals surface area contributed by atoms with Gasteiger partial charge in [-0.3, -0.25) is 14.5 Å².